The maximum absolute atomic E-state index is 13.0. The van der Waals surface area contributed by atoms with Crippen molar-refractivity contribution in [3.8, 4) is 0 Å². The summed E-state index contributed by atoms with van der Waals surface area (Å²) in [5.74, 6) is 1.37. The standard InChI is InChI=1S/C21H24ClN3O2/c22-19-4-2-1-3-17(19)13-25-14-18(5-6-20(25)26)21(27)24-9-7-15-11-23-12-16(15)8-10-24/h1-6,14-16,23H,7-13H2/t15-,16+. The molecule has 6 heteroatoms. The third kappa shape index (κ3) is 3.94. The van der Waals surface area contributed by atoms with Crippen LogP contribution >= 0.6 is 11.6 Å². The lowest BCUT2D eigenvalue weighted by Gasteiger charge is -2.21. The third-order valence-corrected chi connectivity index (χ3v) is 6.20. The van der Waals surface area contributed by atoms with Crippen LogP contribution in [-0.4, -0.2) is 41.6 Å². The molecule has 1 aromatic heterocycles. The monoisotopic (exact) mass is 385 g/mol. The molecule has 0 unspecified atom stereocenters. The second-order valence-corrected chi connectivity index (χ2v) is 7.93. The average Bonchev–Trinajstić information content (AvgIpc) is 3.03. The fourth-order valence-electron chi connectivity index (χ4n) is 4.20. The van der Waals surface area contributed by atoms with Gasteiger partial charge in [-0.2, -0.15) is 0 Å². The van der Waals surface area contributed by atoms with Crippen LogP contribution in [0.15, 0.2) is 47.4 Å². The largest absolute Gasteiger partial charge is 0.339 e. The molecule has 1 aromatic carbocycles. The Bertz CT molecular complexity index is 881. The SMILES string of the molecule is O=C(c1ccc(=O)n(Cc2ccccc2Cl)c1)N1CC[C@@H]2CNC[C@@H]2CC1. The normalized spacial score (nSPS) is 22.3. The van der Waals surface area contributed by atoms with Crippen molar-refractivity contribution < 1.29 is 4.79 Å². The number of amides is 1. The summed E-state index contributed by atoms with van der Waals surface area (Å²) in [6.07, 6.45) is 3.76. The third-order valence-electron chi connectivity index (χ3n) is 5.84. The summed E-state index contributed by atoms with van der Waals surface area (Å²) in [5, 5.41) is 4.08. The van der Waals surface area contributed by atoms with Crippen LogP contribution in [0.1, 0.15) is 28.8 Å². The first-order valence-corrected chi connectivity index (χ1v) is 9.93. The number of benzene rings is 1. The predicted molar refractivity (Wildman–Crippen MR) is 106 cm³/mol. The first kappa shape index (κ1) is 18.3. The maximum atomic E-state index is 13.0. The predicted octanol–water partition coefficient (Wildman–Crippen LogP) is 2.62. The van der Waals surface area contributed by atoms with Gasteiger partial charge in [-0.15, -0.1) is 0 Å². The molecule has 2 fully saturated rings. The lowest BCUT2D eigenvalue weighted by atomic mass is 9.92. The number of likely N-dealkylation sites (tertiary alicyclic amines) is 1. The van der Waals surface area contributed by atoms with Crippen molar-refractivity contribution in [2.75, 3.05) is 26.2 Å². The molecule has 142 valence electrons. The Kier molecular flexibility index (Phi) is 5.32. The smallest absolute Gasteiger partial charge is 0.255 e. The Labute approximate surface area is 163 Å². The lowest BCUT2D eigenvalue weighted by molar-refractivity contribution is 0.0757. The summed E-state index contributed by atoms with van der Waals surface area (Å²) in [6.45, 7) is 4.05. The second-order valence-electron chi connectivity index (χ2n) is 7.52. The number of halogens is 1. The summed E-state index contributed by atoms with van der Waals surface area (Å²) < 4.78 is 1.56. The maximum Gasteiger partial charge on any atom is 0.255 e. The van der Waals surface area contributed by atoms with Crippen molar-refractivity contribution in [2.45, 2.75) is 19.4 Å². The van der Waals surface area contributed by atoms with Gasteiger partial charge in [0.15, 0.2) is 0 Å². The highest BCUT2D eigenvalue weighted by atomic mass is 35.5. The van der Waals surface area contributed by atoms with E-state index in [4.69, 9.17) is 11.6 Å². The van der Waals surface area contributed by atoms with Crippen LogP contribution < -0.4 is 10.9 Å². The van der Waals surface area contributed by atoms with Gasteiger partial charge < -0.3 is 14.8 Å². The Hall–Kier alpha value is -2.11. The van der Waals surface area contributed by atoms with Gasteiger partial charge in [-0.05, 0) is 55.5 Å². The van der Waals surface area contributed by atoms with E-state index in [1.165, 1.54) is 6.07 Å². The molecule has 1 N–H and O–H groups in total. The first-order valence-electron chi connectivity index (χ1n) is 9.56. The second kappa shape index (κ2) is 7.87. The van der Waals surface area contributed by atoms with Crippen LogP contribution in [0.4, 0.5) is 0 Å². The fourth-order valence-corrected chi connectivity index (χ4v) is 4.39. The van der Waals surface area contributed by atoms with Gasteiger partial charge in [0, 0.05) is 30.4 Å². The minimum Gasteiger partial charge on any atom is -0.339 e. The molecule has 0 bridgehead atoms. The molecule has 0 spiro atoms. The molecule has 0 radical (unpaired) electrons. The molecule has 1 amide bonds. The quantitative estimate of drug-likeness (QED) is 0.883. The van der Waals surface area contributed by atoms with E-state index in [0.29, 0.717) is 29.0 Å². The number of carbonyl (C=O) groups is 1. The number of hydrogen-bond donors (Lipinski definition) is 1. The molecule has 2 aliphatic rings. The molecular formula is C21H24ClN3O2. The summed E-state index contributed by atoms with van der Waals surface area (Å²) >= 11 is 6.22. The van der Waals surface area contributed by atoms with E-state index in [-0.39, 0.29) is 11.5 Å². The minimum absolute atomic E-state index is 0.0100. The van der Waals surface area contributed by atoms with Crippen LogP contribution in [0.3, 0.4) is 0 Å². The highest BCUT2D eigenvalue weighted by Crippen LogP contribution is 2.27. The fraction of sp³-hybridized carbons (Fsp3) is 0.429. The molecular weight excluding hydrogens is 362 g/mol. The van der Waals surface area contributed by atoms with Crippen LogP contribution in [-0.2, 0) is 6.54 Å². The van der Waals surface area contributed by atoms with Crippen LogP contribution in [0, 0.1) is 11.8 Å². The number of nitrogens with one attached hydrogen (secondary N) is 1. The van der Waals surface area contributed by atoms with Gasteiger partial charge in [0.05, 0.1) is 12.1 Å². The van der Waals surface area contributed by atoms with Crippen LogP contribution in [0.25, 0.3) is 0 Å². The molecule has 2 atom stereocenters. The molecule has 3 heterocycles. The van der Waals surface area contributed by atoms with Gasteiger partial charge in [0.1, 0.15) is 0 Å². The van der Waals surface area contributed by atoms with Gasteiger partial charge in [0.2, 0.25) is 0 Å². The van der Waals surface area contributed by atoms with Gasteiger partial charge in [-0.1, -0.05) is 29.8 Å². The first-order chi connectivity index (χ1) is 13.1. The average molecular weight is 386 g/mol. The zero-order valence-corrected chi connectivity index (χ0v) is 16.0. The van der Waals surface area contributed by atoms with E-state index in [1.54, 1.807) is 22.9 Å². The number of aromatic nitrogens is 1. The lowest BCUT2D eigenvalue weighted by Crippen LogP contribution is -2.33. The van der Waals surface area contributed by atoms with E-state index < -0.39 is 0 Å². The Morgan fingerprint density at radius 2 is 1.78 bits per heavy atom. The van der Waals surface area contributed by atoms with Gasteiger partial charge in [0.25, 0.3) is 11.5 Å². The van der Waals surface area contributed by atoms with Gasteiger partial charge in [-0.3, -0.25) is 9.59 Å². The zero-order chi connectivity index (χ0) is 18.8. The molecule has 2 aliphatic heterocycles. The molecule has 0 saturated carbocycles. The minimum atomic E-state index is -0.136. The topological polar surface area (TPSA) is 54.3 Å². The van der Waals surface area contributed by atoms with Crippen LogP contribution in [0.2, 0.25) is 5.02 Å². The van der Waals surface area contributed by atoms with E-state index in [0.717, 1.165) is 44.6 Å². The Morgan fingerprint density at radius 3 is 2.48 bits per heavy atom. The Morgan fingerprint density at radius 1 is 1.07 bits per heavy atom. The molecule has 5 nitrogen and oxygen atoms in total. The van der Waals surface area contributed by atoms with Crippen molar-refractivity contribution in [3.05, 3.63) is 69.1 Å². The molecule has 0 aliphatic carbocycles. The number of nitrogens with zero attached hydrogens (tertiary/aromatic N) is 2. The van der Waals surface area contributed by atoms with Crippen LogP contribution in [0.5, 0.6) is 0 Å². The summed E-state index contributed by atoms with van der Waals surface area (Å²) in [6, 6.07) is 10.6. The van der Waals surface area contributed by atoms with Crippen molar-refractivity contribution in [2.24, 2.45) is 11.8 Å². The van der Waals surface area contributed by atoms with Crippen molar-refractivity contribution >= 4 is 17.5 Å². The summed E-state index contributed by atoms with van der Waals surface area (Å²) in [5.41, 5.74) is 1.29. The Balaban J connectivity index is 1.52. The number of rotatable bonds is 3. The van der Waals surface area contributed by atoms with Crippen molar-refractivity contribution in [3.63, 3.8) is 0 Å². The number of carbonyl (C=O) groups excluding carboxylic acids is 1. The van der Waals surface area contributed by atoms with Crippen molar-refractivity contribution in [1.82, 2.24) is 14.8 Å². The molecule has 4 rings (SSSR count). The molecule has 2 saturated heterocycles. The number of hydrogen-bond acceptors (Lipinski definition) is 3. The zero-order valence-electron chi connectivity index (χ0n) is 15.2. The van der Waals surface area contributed by atoms with Gasteiger partial charge >= 0.3 is 0 Å². The van der Waals surface area contributed by atoms with E-state index >= 15 is 0 Å². The van der Waals surface area contributed by atoms with Gasteiger partial charge in [-0.25, -0.2) is 0 Å². The molecule has 2 aromatic rings. The number of pyridine rings is 1. The number of fused-ring (bicyclic) bond motifs is 1. The van der Waals surface area contributed by atoms with E-state index in [9.17, 15) is 9.59 Å². The molecule has 27 heavy (non-hydrogen) atoms. The highest BCUT2D eigenvalue weighted by Gasteiger charge is 2.31. The van der Waals surface area contributed by atoms with Crippen molar-refractivity contribution in [1.29, 1.82) is 0 Å². The van der Waals surface area contributed by atoms with E-state index in [1.807, 2.05) is 23.1 Å². The summed E-state index contributed by atoms with van der Waals surface area (Å²) in [7, 11) is 0. The highest BCUT2D eigenvalue weighted by molar-refractivity contribution is 6.31. The van der Waals surface area contributed by atoms with E-state index in [2.05, 4.69) is 5.32 Å². The summed E-state index contributed by atoms with van der Waals surface area (Å²) in [4.78, 5) is 27.2.